The molecule has 1 fully saturated rings. The van der Waals surface area contributed by atoms with Crippen LogP contribution in [-0.4, -0.2) is 35.0 Å². The molecule has 1 aliphatic heterocycles. The first-order chi connectivity index (χ1) is 6.76. The van der Waals surface area contributed by atoms with Crippen molar-refractivity contribution in [3.8, 4) is 0 Å². The van der Waals surface area contributed by atoms with E-state index in [0.29, 0.717) is 5.92 Å². The third-order valence-electron chi connectivity index (χ3n) is 2.66. The van der Waals surface area contributed by atoms with Crippen LogP contribution in [0.25, 0.3) is 0 Å². The van der Waals surface area contributed by atoms with E-state index < -0.39 is 8.56 Å². The van der Waals surface area contributed by atoms with Gasteiger partial charge >= 0.3 is 8.56 Å². The summed E-state index contributed by atoms with van der Waals surface area (Å²) in [6, 6.07) is 2.15. The second-order valence-electron chi connectivity index (χ2n) is 3.74. The Labute approximate surface area is 88.0 Å². The van der Waals surface area contributed by atoms with E-state index in [9.17, 15) is 0 Å². The summed E-state index contributed by atoms with van der Waals surface area (Å²) in [5.74, 6) is 0.680. The second kappa shape index (κ2) is 5.85. The first-order valence-electron chi connectivity index (χ1n) is 5.62. The second-order valence-corrected chi connectivity index (χ2v) is 7.25. The number of hydrogen-bond donors (Lipinski definition) is 0. The maximum absolute atomic E-state index is 5.89. The van der Waals surface area contributed by atoms with Gasteiger partial charge in [-0.1, -0.05) is 6.92 Å². The molecule has 0 atom stereocenters. The van der Waals surface area contributed by atoms with Gasteiger partial charge in [0.05, 0.1) is 13.2 Å². The average molecular weight is 218 g/mol. The molecule has 0 amide bonds. The first-order valence-corrected chi connectivity index (χ1v) is 7.85. The van der Waals surface area contributed by atoms with Crippen molar-refractivity contribution in [2.24, 2.45) is 5.92 Å². The van der Waals surface area contributed by atoms with E-state index in [2.05, 4.69) is 6.92 Å². The van der Waals surface area contributed by atoms with E-state index in [1.54, 1.807) is 0 Å². The van der Waals surface area contributed by atoms with Gasteiger partial charge in [-0.25, -0.2) is 0 Å². The molecule has 0 N–H and O–H groups in total. The van der Waals surface area contributed by atoms with Crippen LogP contribution >= 0.6 is 0 Å². The van der Waals surface area contributed by atoms with Crippen LogP contribution in [0.15, 0.2) is 0 Å². The van der Waals surface area contributed by atoms with Crippen molar-refractivity contribution in [2.45, 2.75) is 32.9 Å². The molecule has 0 radical (unpaired) electrons. The van der Waals surface area contributed by atoms with Crippen LogP contribution in [0.1, 0.15) is 20.8 Å². The predicted octanol–water partition coefficient (Wildman–Crippen LogP) is 2.17. The Balaban J connectivity index is 2.46. The van der Waals surface area contributed by atoms with Crippen molar-refractivity contribution < 1.29 is 13.6 Å². The molecular formula is C10H22O3Si. The van der Waals surface area contributed by atoms with Crippen molar-refractivity contribution in [3.05, 3.63) is 0 Å². The van der Waals surface area contributed by atoms with Crippen molar-refractivity contribution in [1.29, 1.82) is 0 Å². The van der Waals surface area contributed by atoms with E-state index in [-0.39, 0.29) is 0 Å². The monoisotopic (exact) mass is 218 g/mol. The fraction of sp³-hybridized carbons (Fsp3) is 1.00. The Bertz CT molecular complexity index is 153. The lowest BCUT2D eigenvalue weighted by molar-refractivity contribution is -0.0276. The van der Waals surface area contributed by atoms with Gasteiger partial charge in [0.15, 0.2) is 0 Å². The van der Waals surface area contributed by atoms with Crippen molar-refractivity contribution >= 4 is 8.56 Å². The van der Waals surface area contributed by atoms with E-state index in [0.717, 1.165) is 38.5 Å². The minimum absolute atomic E-state index is 0.680. The fourth-order valence-electron chi connectivity index (χ4n) is 1.88. The molecule has 4 heteroatoms. The van der Waals surface area contributed by atoms with Crippen LogP contribution in [0.5, 0.6) is 0 Å². The highest BCUT2D eigenvalue weighted by atomic mass is 28.4. The van der Waals surface area contributed by atoms with Crippen LogP contribution in [0.4, 0.5) is 0 Å². The van der Waals surface area contributed by atoms with Crippen molar-refractivity contribution in [1.82, 2.24) is 0 Å². The van der Waals surface area contributed by atoms with Gasteiger partial charge in [-0.3, -0.25) is 0 Å². The summed E-state index contributed by atoms with van der Waals surface area (Å²) in [4.78, 5) is 0. The normalized spacial score (nSPS) is 18.2. The number of rotatable bonds is 7. The Hall–Kier alpha value is 0.0969. The summed E-state index contributed by atoms with van der Waals surface area (Å²) in [6.45, 7) is 9.61. The number of ether oxygens (including phenoxy) is 1. The summed E-state index contributed by atoms with van der Waals surface area (Å²) in [6.07, 6.45) is 0. The summed E-state index contributed by atoms with van der Waals surface area (Å²) in [5, 5.41) is 0. The van der Waals surface area contributed by atoms with Crippen LogP contribution in [0.3, 0.4) is 0 Å². The predicted molar refractivity (Wildman–Crippen MR) is 58.6 cm³/mol. The Morgan fingerprint density at radius 1 is 1.14 bits per heavy atom. The Morgan fingerprint density at radius 2 is 1.71 bits per heavy atom. The minimum Gasteiger partial charge on any atom is -0.394 e. The molecule has 0 unspecified atom stereocenters. The Kier molecular flexibility index (Phi) is 5.09. The Morgan fingerprint density at radius 3 is 2.00 bits per heavy atom. The molecule has 1 rings (SSSR count). The van der Waals surface area contributed by atoms with E-state index >= 15 is 0 Å². The molecule has 0 aromatic heterocycles. The molecule has 0 bridgehead atoms. The summed E-state index contributed by atoms with van der Waals surface area (Å²) in [5.41, 5.74) is 0. The van der Waals surface area contributed by atoms with Gasteiger partial charge in [0.2, 0.25) is 0 Å². The van der Waals surface area contributed by atoms with Gasteiger partial charge in [0, 0.05) is 19.1 Å². The van der Waals surface area contributed by atoms with Crippen LogP contribution < -0.4 is 0 Å². The minimum atomic E-state index is -1.88. The van der Waals surface area contributed by atoms with Gasteiger partial charge in [-0.2, -0.15) is 0 Å². The highest BCUT2D eigenvalue weighted by Crippen LogP contribution is 2.27. The molecular weight excluding hydrogens is 196 g/mol. The maximum Gasteiger partial charge on any atom is 0.338 e. The topological polar surface area (TPSA) is 27.7 Å². The lowest BCUT2D eigenvalue weighted by Gasteiger charge is -2.35. The molecule has 84 valence electrons. The third kappa shape index (κ3) is 3.05. The first kappa shape index (κ1) is 12.2. The van der Waals surface area contributed by atoms with Crippen LogP contribution in [0, 0.1) is 5.92 Å². The van der Waals surface area contributed by atoms with Crippen LogP contribution in [-0.2, 0) is 13.6 Å². The third-order valence-corrected chi connectivity index (χ3v) is 6.57. The maximum atomic E-state index is 5.89. The molecule has 1 aliphatic rings. The number of hydrogen-bond acceptors (Lipinski definition) is 3. The van der Waals surface area contributed by atoms with E-state index in [4.69, 9.17) is 13.6 Å². The van der Waals surface area contributed by atoms with E-state index in [1.165, 1.54) is 0 Å². The van der Waals surface area contributed by atoms with Gasteiger partial charge in [0.25, 0.3) is 0 Å². The zero-order chi connectivity index (χ0) is 10.4. The lowest BCUT2D eigenvalue weighted by Crippen LogP contribution is -2.46. The summed E-state index contributed by atoms with van der Waals surface area (Å²) < 4.78 is 17.0. The highest BCUT2D eigenvalue weighted by Gasteiger charge is 2.39. The molecule has 0 saturated carbocycles. The highest BCUT2D eigenvalue weighted by molar-refractivity contribution is 6.67. The summed E-state index contributed by atoms with van der Waals surface area (Å²) in [7, 11) is -1.88. The molecule has 3 nitrogen and oxygen atoms in total. The standard InChI is InChI=1S/C10H22O3Si/c1-4-12-14(6-3,13-5-2)9-10-7-11-8-10/h10H,4-9H2,1-3H3. The molecule has 0 aromatic carbocycles. The van der Waals surface area contributed by atoms with Gasteiger partial charge < -0.3 is 13.6 Å². The van der Waals surface area contributed by atoms with Crippen LogP contribution in [0.2, 0.25) is 12.1 Å². The summed E-state index contributed by atoms with van der Waals surface area (Å²) >= 11 is 0. The van der Waals surface area contributed by atoms with Crippen molar-refractivity contribution in [3.63, 3.8) is 0 Å². The quantitative estimate of drug-likeness (QED) is 0.613. The fourth-order valence-corrected chi connectivity index (χ4v) is 5.06. The average Bonchev–Trinajstić information content (AvgIpc) is 2.12. The molecule has 0 aromatic rings. The SMILES string of the molecule is CCO[Si](CC)(CC1COC1)OCC. The molecule has 0 aliphatic carbocycles. The largest absolute Gasteiger partial charge is 0.394 e. The molecule has 1 heterocycles. The molecule has 14 heavy (non-hydrogen) atoms. The molecule has 1 saturated heterocycles. The van der Waals surface area contributed by atoms with Crippen molar-refractivity contribution in [2.75, 3.05) is 26.4 Å². The lowest BCUT2D eigenvalue weighted by atomic mass is 10.1. The zero-order valence-electron chi connectivity index (χ0n) is 9.54. The van der Waals surface area contributed by atoms with Gasteiger partial charge in [-0.15, -0.1) is 0 Å². The zero-order valence-corrected chi connectivity index (χ0v) is 10.5. The molecule has 0 spiro atoms. The van der Waals surface area contributed by atoms with Gasteiger partial charge in [-0.05, 0) is 25.9 Å². The smallest absolute Gasteiger partial charge is 0.338 e. The van der Waals surface area contributed by atoms with E-state index in [1.807, 2.05) is 13.8 Å². The van der Waals surface area contributed by atoms with Gasteiger partial charge in [0.1, 0.15) is 0 Å².